The Labute approximate surface area is 151 Å². The molecule has 0 aliphatic rings. The summed E-state index contributed by atoms with van der Waals surface area (Å²) in [6, 6.07) is 7.72. The number of nitrogens with one attached hydrogen (secondary N) is 1. The number of hydrogen-bond acceptors (Lipinski definition) is 5. The van der Waals surface area contributed by atoms with Gasteiger partial charge in [-0.25, -0.2) is 0 Å². The topological polar surface area (TPSA) is 82.2 Å². The molecule has 0 fully saturated rings. The number of nitrogens with zero attached hydrogens (tertiary/aromatic N) is 3. The number of anilines is 1. The van der Waals surface area contributed by atoms with Crippen LogP contribution >= 0.6 is 0 Å². The van der Waals surface area contributed by atoms with Gasteiger partial charge in [0.25, 0.3) is 5.91 Å². The SMILES string of the molecule is CCn1ncc(NC(=O)c2noc(C)c2COc2ccccc2C)c1C. The predicted molar refractivity (Wildman–Crippen MR) is 97.3 cm³/mol. The van der Waals surface area contributed by atoms with Gasteiger partial charge in [0.2, 0.25) is 0 Å². The van der Waals surface area contributed by atoms with E-state index in [4.69, 9.17) is 9.26 Å². The summed E-state index contributed by atoms with van der Waals surface area (Å²) >= 11 is 0. The van der Waals surface area contributed by atoms with Crippen LogP contribution in [0.25, 0.3) is 0 Å². The van der Waals surface area contributed by atoms with E-state index in [1.54, 1.807) is 13.1 Å². The minimum Gasteiger partial charge on any atom is -0.488 e. The summed E-state index contributed by atoms with van der Waals surface area (Å²) in [4.78, 5) is 12.7. The van der Waals surface area contributed by atoms with Crippen molar-refractivity contribution in [3.05, 3.63) is 58.7 Å². The molecular formula is C19H22N4O3. The molecule has 7 nitrogen and oxygen atoms in total. The van der Waals surface area contributed by atoms with Gasteiger partial charge >= 0.3 is 0 Å². The Morgan fingerprint density at radius 3 is 2.73 bits per heavy atom. The van der Waals surface area contributed by atoms with Crippen LogP contribution in [0.15, 0.2) is 35.0 Å². The van der Waals surface area contributed by atoms with Gasteiger partial charge in [0.15, 0.2) is 5.69 Å². The second-order valence-electron chi connectivity index (χ2n) is 6.03. The lowest BCUT2D eigenvalue weighted by atomic mass is 10.2. The first kappa shape index (κ1) is 17.7. The van der Waals surface area contributed by atoms with Crippen LogP contribution in [0.1, 0.15) is 40.0 Å². The van der Waals surface area contributed by atoms with E-state index in [0.717, 1.165) is 23.6 Å². The molecule has 1 N–H and O–H groups in total. The van der Waals surface area contributed by atoms with Gasteiger partial charge in [0.05, 0.1) is 23.1 Å². The number of para-hydroxylation sites is 1. The fraction of sp³-hybridized carbons (Fsp3) is 0.316. The largest absolute Gasteiger partial charge is 0.488 e. The Morgan fingerprint density at radius 1 is 1.27 bits per heavy atom. The number of ether oxygens (including phenoxy) is 1. The molecular weight excluding hydrogens is 332 g/mol. The van der Waals surface area contributed by atoms with Crippen LogP contribution in [-0.2, 0) is 13.2 Å². The van der Waals surface area contributed by atoms with Crippen LogP contribution < -0.4 is 10.1 Å². The summed E-state index contributed by atoms with van der Waals surface area (Å²) in [5, 5.41) is 11.0. The van der Waals surface area contributed by atoms with Gasteiger partial charge in [-0.05, 0) is 39.3 Å². The zero-order chi connectivity index (χ0) is 18.7. The number of aryl methyl sites for hydroxylation is 3. The number of carbonyl (C=O) groups is 1. The molecule has 2 heterocycles. The standard InChI is InChI=1S/C19H22N4O3/c1-5-23-13(3)16(10-20-23)21-19(24)18-15(14(4)26-22-18)11-25-17-9-7-6-8-12(17)2/h6-10H,5,11H2,1-4H3,(H,21,24). The van der Waals surface area contributed by atoms with Crippen molar-refractivity contribution in [2.75, 3.05) is 5.32 Å². The summed E-state index contributed by atoms with van der Waals surface area (Å²) in [5.41, 5.74) is 3.42. The minimum absolute atomic E-state index is 0.205. The van der Waals surface area contributed by atoms with Crippen molar-refractivity contribution in [2.45, 2.75) is 40.8 Å². The van der Waals surface area contributed by atoms with Crippen molar-refractivity contribution in [1.29, 1.82) is 0 Å². The fourth-order valence-corrected chi connectivity index (χ4v) is 2.68. The van der Waals surface area contributed by atoms with E-state index in [0.29, 0.717) is 17.0 Å². The molecule has 1 amide bonds. The highest BCUT2D eigenvalue weighted by atomic mass is 16.5. The maximum Gasteiger partial charge on any atom is 0.278 e. The van der Waals surface area contributed by atoms with Crippen LogP contribution in [-0.4, -0.2) is 20.8 Å². The molecule has 1 aromatic carbocycles. The molecule has 0 atom stereocenters. The summed E-state index contributed by atoms with van der Waals surface area (Å²) < 4.78 is 12.9. The molecule has 136 valence electrons. The van der Waals surface area contributed by atoms with Gasteiger partial charge in [-0.2, -0.15) is 5.10 Å². The van der Waals surface area contributed by atoms with Gasteiger partial charge in [0.1, 0.15) is 18.1 Å². The molecule has 26 heavy (non-hydrogen) atoms. The average Bonchev–Trinajstić information content (AvgIpc) is 3.17. The van der Waals surface area contributed by atoms with Crippen molar-refractivity contribution in [2.24, 2.45) is 0 Å². The molecule has 3 rings (SSSR count). The Morgan fingerprint density at radius 2 is 2.04 bits per heavy atom. The van der Waals surface area contributed by atoms with Gasteiger partial charge in [-0.1, -0.05) is 23.4 Å². The third kappa shape index (κ3) is 3.46. The summed E-state index contributed by atoms with van der Waals surface area (Å²) in [5.74, 6) is 0.980. The van der Waals surface area contributed by atoms with Crippen molar-refractivity contribution < 1.29 is 14.1 Å². The van der Waals surface area contributed by atoms with Crippen molar-refractivity contribution >= 4 is 11.6 Å². The normalized spacial score (nSPS) is 10.8. The Hall–Kier alpha value is -3.09. The van der Waals surface area contributed by atoms with E-state index >= 15 is 0 Å². The van der Waals surface area contributed by atoms with E-state index < -0.39 is 0 Å². The lowest BCUT2D eigenvalue weighted by molar-refractivity contribution is 0.101. The quantitative estimate of drug-likeness (QED) is 0.731. The Balaban J connectivity index is 1.77. The monoisotopic (exact) mass is 354 g/mol. The van der Waals surface area contributed by atoms with Gasteiger partial charge in [-0.3, -0.25) is 9.48 Å². The molecule has 2 aromatic heterocycles. The van der Waals surface area contributed by atoms with E-state index in [1.165, 1.54) is 0 Å². The second-order valence-corrected chi connectivity index (χ2v) is 6.03. The average molecular weight is 354 g/mol. The zero-order valence-electron chi connectivity index (χ0n) is 15.4. The zero-order valence-corrected chi connectivity index (χ0v) is 15.4. The smallest absolute Gasteiger partial charge is 0.278 e. The van der Waals surface area contributed by atoms with Crippen LogP contribution in [0.2, 0.25) is 0 Å². The molecule has 0 radical (unpaired) electrons. The van der Waals surface area contributed by atoms with E-state index in [1.807, 2.05) is 49.7 Å². The molecule has 0 spiro atoms. The lowest BCUT2D eigenvalue weighted by Crippen LogP contribution is -2.16. The van der Waals surface area contributed by atoms with Crippen LogP contribution in [0.3, 0.4) is 0 Å². The molecule has 0 saturated heterocycles. The molecule has 0 aliphatic carbocycles. The third-order valence-corrected chi connectivity index (χ3v) is 4.32. The molecule has 0 saturated carbocycles. The van der Waals surface area contributed by atoms with E-state index in [-0.39, 0.29) is 18.2 Å². The van der Waals surface area contributed by atoms with E-state index in [9.17, 15) is 4.79 Å². The number of rotatable bonds is 6. The fourth-order valence-electron chi connectivity index (χ4n) is 2.68. The Bertz CT molecular complexity index is 927. The second kappa shape index (κ2) is 7.43. The predicted octanol–water partition coefficient (Wildman–Crippen LogP) is 3.65. The number of hydrogen-bond donors (Lipinski definition) is 1. The molecule has 3 aromatic rings. The lowest BCUT2D eigenvalue weighted by Gasteiger charge is -2.09. The summed E-state index contributed by atoms with van der Waals surface area (Å²) in [6.07, 6.45) is 1.63. The van der Waals surface area contributed by atoms with Crippen molar-refractivity contribution in [3.63, 3.8) is 0 Å². The summed E-state index contributed by atoms with van der Waals surface area (Å²) in [7, 11) is 0. The van der Waals surface area contributed by atoms with Gasteiger partial charge < -0.3 is 14.6 Å². The number of benzene rings is 1. The first-order chi connectivity index (χ1) is 12.5. The third-order valence-electron chi connectivity index (χ3n) is 4.32. The van der Waals surface area contributed by atoms with Crippen LogP contribution in [0.4, 0.5) is 5.69 Å². The maximum absolute atomic E-state index is 12.7. The highest BCUT2D eigenvalue weighted by Crippen LogP contribution is 2.22. The van der Waals surface area contributed by atoms with Crippen LogP contribution in [0, 0.1) is 20.8 Å². The molecule has 0 aliphatic heterocycles. The summed E-state index contributed by atoms with van der Waals surface area (Å²) in [6.45, 7) is 8.57. The van der Waals surface area contributed by atoms with E-state index in [2.05, 4.69) is 15.6 Å². The maximum atomic E-state index is 12.7. The van der Waals surface area contributed by atoms with Crippen LogP contribution in [0.5, 0.6) is 5.75 Å². The molecule has 0 bridgehead atoms. The van der Waals surface area contributed by atoms with Gasteiger partial charge in [0, 0.05) is 6.54 Å². The first-order valence-corrected chi connectivity index (χ1v) is 8.48. The number of carbonyl (C=O) groups excluding carboxylic acids is 1. The number of aromatic nitrogens is 3. The first-order valence-electron chi connectivity index (χ1n) is 8.48. The van der Waals surface area contributed by atoms with Crippen molar-refractivity contribution in [3.8, 4) is 5.75 Å². The minimum atomic E-state index is -0.344. The number of amides is 1. The van der Waals surface area contributed by atoms with Crippen molar-refractivity contribution in [1.82, 2.24) is 14.9 Å². The highest BCUT2D eigenvalue weighted by molar-refractivity contribution is 6.04. The molecule has 7 heteroatoms. The highest BCUT2D eigenvalue weighted by Gasteiger charge is 2.22. The Kier molecular flexibility index (Phi) is 5.06. The van der Waals surface area contributed by atoms with Gasteiger partial charge in [-0.15, -0.1) is 0 Å². The molecule has 0 unspecified atom stereocenters.